The van der Waals surface area contributed by atoms with Crippen molar-refractivity contribution in [2.45, 2.75) is 57.8 Å². The van der Waals surface area contributed by atoms with Crippen LogP contribution in [-0.2, 0) is 14.0 Å². The zero-order valence-electron chi connectivity index (χ0n) is 10.7. The Morgan fingerprint density at radius 1 is 1.19 bits per heavy atom. The number of hydrogen-bond acceptors (Lipinski definition) is 3. The molecule has 0 radical (unpaired) electrons. The summed E-state index contributed by atoms with van der Waals surface area (Å²) in [5, 5.41) is 0. The lowest BCUT2D eigenvalue weighted by Gasteiger charge is -2.32. The van der Waals surface area contributed by atoms with Crippen molar-refractivity contribution in [3.8, 4) is 0 Å². The monoisotopic (exact) mass is 224 g/mol. The van der Waals surface area contributed by atoms with E-state index in [1.54, 1.807) is 0 Å². The molecule has 1 unspecified atom stereocenters. The molecule has 2 saturated heterocycles. The van der Waals surface area contributed by atoms with Gasteiger partial charge >= 0.3 is 7.12 Å². The Labute approximate surface area is 98.3 Å². The highest BCUT2D eigenvalue weighted by atomic mass is 16.7. The highest BCUT2D eigenvalue weighted by Gasteiger charge is 2.53. The zero-order chi connectivity index (χ0) is 12.0. The van der Waals surface area contributed by atoms with Crippen LogP contribution in [0.1, 0.15) is 40.5 Å². The number of hydrogen-bond donors (Lipinski definition) is 0. The highest BCUT2D eigenvalue weighted by Crippen LogP contribution is 2.39. The van der Waals surface area contributed by atoms with Crippen LogP contribution in [0.25, 0.3) is 0 Å². The van der Waals surface area contributed by atoms with Gasteiger partial charge in [0.1, 0.15) is 0 Å². The second-order valence-corrected chi connectivity index (χ2v) is 5.66. The van der Waals surface area contributed by atoms with Crippen LogP contribution in [0.15, 0.2) is 12.1 Å². The maximum Gasteiger partial charge on any atom is 0.492 e. The van der Waals surface area contributed by atoms with Gasteiger partial charge in [0, 0.05) is 6.61 Å². The van der Waals surface area contributed by atoms with Gasteiger partial charge in [0.2, 0.25) is 0 Å². The third-order valence-corrected chi connectivity index (χ3v) is 3.90. The number of ether oxygens (including phenoxy) is 1. The van der Waals surface area contributed by atoms with E-state index >= 15 is 0 Å². The summed E-state index contributed by atoms with van der Waals surface area (Å²) >= 11 is 0. The molecule has 0 aromatic heterocycles. The molecule has 2 fully saturated rings. The Bertz CT molecular complexity index is 277. The average molecular weight is 224 g/mol. The molecule has 1 atom stereocenters. The van der Waals surface area contributed by atoms with E-state index < -0.39 is 0 Å². The Balaban J connectivity index is 2.05. The minimum Gasteiger partial charge on any atom is -0.400 e. The van der Waals surface area contributed by atoms with Crippen molar-refractivity contribution in [3.05, 3.63) is 12.1 Å². The quantitative estimate of drug-likeness (QED) is 0.674. The normalized spacial score (nSPS) is 32.0. The highest BCUT2D eigenvalue weighted by molar-refractivity contribution is 6.54. The molecule has 0 saturated carbocycles. The van der Waals surface area contributed by atoms with Gasteiger partial charge in [-0.15, -0.1) is 6.58 Å². The van der Waals surface area contributed by atoms with E-state index in [-0.39, 0.29) is 24.4 Å². The van der Waals surface area contributed by atoms with Crippen molar-refractivity contribution < 1.29 is 14.0 Å². The summed E-state index contributed by atoms with van der Waals surface area (Å²) in [6.45, 7) is 13.1. The fraction of sp³-hybridized carbons (Fsp3) is 0.833. The summed E-state index contributed by atoms with van der Waals surface area (Å²) in [6, 6.07) is 0. The van der Waals surface area contributed by atoms with E-state index in [0.29, 0.717) is 0 Å². The molecule has 4 heteroatoms. The van der Waals surface area contributed by atoms with Crippen molar-refractivity contribution in [2.24, 2.45) is 0 Å². The van der Waals surface area contributed by atoms with Gasteiger partial charge in [-0.25, -0.2) is 0 Å². The Morgan fingerprint density at radius 3 is 2.19 bits per heavy atom. The summed E-state index contributed by atoms with van der Waals surface area (Å²) in [5.41, 5.74) is 0.342. The largest absolute Gasteiger partial charge is 0.492 e. The first-order valence-electron chi connectivity index (χ1n) is 5.99. The molecule has 0 bridgehead atoms. The van der Waals surface area contributed by atoms with Crippen LogP contribution in [-0.4, -0.2) is 31.0 Å². The van der Waals surface area contributed by atoms with Gasteiger partial charge in [-0.05, 0) is 46.0 Å². The Kier molecular flexibility index (Phi) is 2.93. The second kappa shape index (κ2) is 3.86. The van der Waals surface area contributed by atoms with Gasteiger partial charge in [0.05, 0.1) is 17.3 Å². The second-order valence-electron chi connectivity index (χ2n) is 5.66. The van der Waals surface area contributed by atoms with Crippen LogP contribution in [0, 0.1) is 0 Å². The number of rotatable bonds is 2. The first-order valence-corrected chi connectivity index (χ1v) is 5.99. The molecular formula is C12H21BO3. The van der Waals surface area contributed by atoms with E-state index in [4.69, 9.17) is 14.0 Å². The maximum absolute atomic E-state index is 5.94. The fourth-order valence-corrected chi connectivity index (χ4v) is 2.02. The summed E-state index contributed by atoms with van der Waals surface area (Å²) in [4.78, 5) is 0. The summed E-state index contributed by atoms with van der Waals surface area (Å²) in [5.74, 6) is 0. The molecule has 0 aliphatic carbocycles. The third-order valence-electron chi connectivity index (χ3n) is 3.90. The van der Waals surface area contributed by atoms with Crippen molar-refractivity contribution in [2.75, 3.05) is 6.61 Å². The lowest BCUT2D eigenvalue weighted by molar-refractivity contribution is 0.00578. The third kappa shape index (κ3) is 1.94. The van der Waals surface area contributed by atoms with Gasteiger partial charge in [0.25, 0.3) is 0 Å². The predicted octanol–water partition coefficient (Wildman–Crippen LogP) is 2.35. The lowest BCUT2D eigenvalue weighted by atomic mass is 9.75. The first kappa shape index (κ1) is 12.2. The molecule has 2 rings (SSSR count). The van der Waals surface area contributed by atoms with Crippen molar-refractivity contribution in [1.29, 1.82) is 0 Å². The molecule has 2 aliphatic rings. The van der Waals surface area contributed by atoms with Crippen molar-refractivity contribution >= 4 is 7.12 Å². The molecule has 0 aromatic rings. The van der Waals surface area contributed by atoms with E-state index in [1.165, 1.54) is 0 Å². The topological polar surface area (TPSA) is 27.7 Å². The van der Waals surface area contributed by atoms with E-state index in [2.05, 4.69) is 34.3 Å². The van der Waals surface area contributed by atoms with Crippen LogP contribution in [0.2, 0.25) is 0 Å². The van der Waals surface area contributed by atoms with Crippen LogP contribution in [0.5, 0.6) is 0 Å². The van der Waals surface area contributed by atoms with Gasteiger partial charge in [-0.1, -0.05) is 0 Å². The molecule has 3 nitrogen and oxygen atoms in total. The van der Waals surface area contributed by atoms with Gasteiger partial charge < -0.3 is 14.0 Å². The smallest absolute Gasteiger partial charge is 0.400 e. The molecule has 2 heterocycles. The molecule has 0 aromatic carbocycles. The Morgan fingerprint density at radius 2 is 1.75 bits per heavy atom. The fourth-order valence-electron chi connectivity index (χ4n) is 2.02. The standard InChI is InChI=1S/C12H21BO3/c1-9(10-7-6-8-14-10)13-15-11(2,3)12(4,5)16-13/h10H,1,6-8H2,2-5H3. The summed E-state index contributed by atoms with van der Waals surface area (Å²) < 4.78 is 17.5. The zero-order valence-corrected chi connectivity index (χ0v) is 10.7. The van der Waals surface area contributed by atoms with Crippen LogP contribution < -0.4 is 0 Å². The maximum atomic E-state index is 5.94. The van der Waals surface area contributed by atoms with Gasteiger partial charge in [0.15, 0.2) is 0 Å². The average Bonchev–Trinajstić information content (AvgIpc) is 2.72. The molecular weight excluding hydrogens is 203 g/mol. The minimum atomic E-state index is -0.326. The van der Waals surface area contributed by atoms with Crippen molar-refractivity contribution in [1.82, 2.24) is 0 Å². The first-order chi connectivity index (χ1) is 7.33. The molecule has 90 valence electrons. The summed E-state index contributed by atoms with van der Waals surface area (Å²) in [6.07, 6.45) is 2.24. The van der Waals surface area contributed by atoms with E-state index in [1.807, 2.05) is 0 Å². The molecule has 16 heavy (non-hydrogen) atoms. The SMILES string of the molecule is C=C(B1OC(C)(C)C(C)(C)O1)C1CCCO1. The van der Waals surface area contributed by atoms with Crippen LogP contribution in [0.3, 0.4) is 0 Å². The molecule has 0 amide bonds. The van der Waals surface area contributed by atoms with Gasteiger partial charge in [-0.3, -0.25) is 0 Å². The van der Waals surface area contributed by atoms with Crippen LogP contribution >= 0.6 is 0 Å². The van der Waals surface area contributed by atoms with Crippen molar-refractivity contribution in [3.63, 3.8) is 0 Å². The van der Waals surface area contributed by atoms with E-state index in [9.17, 15) is 0 Å². The minimum absolute atomic E-state index is 0.106. The molecule has 2 aliphatic heterocycles. The lowest BCUT2D eigenvalue weighted by Crippen LogP contribution is -2.41. The van der Waals surface area contributed by atoms with Crippen LogP contribution in [0.4, 0.5) is 0 Å². The molecule has 0 N–H and O–H groups in total. The predicted molar refractivity (Wildman–Crippen MR) is 64.2 cm³/mol. The molecule has 0 spiro atoms. The van der Waals surface area contributed by atoms with E-state index in [0.717, 1.165) is 24.9 Å². The van der Waals surface area contributed by atoms with Gasteiger partial charge in [-0.2, -0.15) is 0 Å². The summed E-state index contributed by atoms with van der Waals surface area (Å²) in [7, 11) is -0.326. The Hall–Kier alpha value is -0.315.